The standard InChI is InChI=1S/C7H11FO4/c1-5-10-3-6(12-5)4-11-7(9)2-8/h5-6H,2-4H2,1H3. The molecule has 70 valence electrons. The number of hydrogen-bond acceptors (Lipinski definition) is 4. The second kappa shape index (κ2) is 4.37. The summed E-state index contributed by atoms with van der Waals surface area (Å²) in [5, 5.41) is 0. The highest BCUT2D eigenvalue weighted by Gasteiger charge is 2.23. The zero-order valence-electron chi connectivity index (χ0n) is 6.79. The molecule has 0 aromatic carbocycles. The lowest BCUT2D eigenvalue weighted by Gasteiger charge is -2.07. The van der Waals surface area contributed by atoms with Gasteiger partial charge in [-0.15, -0.1) is 0 Å². The Morgan fingerprint density at radius 2 is 2.50 bits per heavy atom. The Balaban J connectivity index is 2.11. The van der Waals surface area contributed by atoms with Crippen molar-refractivity contribution in [1.29, 1.82) is 0 Å². The summed E-state index contributed by atoms with van der Waals surface area (Å²) in [7, 11) is 0. The van der Waals surface area contributed by atoms with Gasteiger partial charge in [-0.05, 0) is 6.92 Å². The van der Waals surface area contributed by atoms with Crippen LogP contribution in [0.4, 0.5) is 4.39 Å². The third kappa shape index (κ3) is 2.75. The van der Waals surface area contributed by atoms with Gasteiger partial charge in [0.25, 0.3) is 0 Å². The highest BCUT2D eigenvalue weighted by molar-refractivity contribution is 5.70. The predicted octanol–water partition coefficient (Wildman–Crippen LogP) is 0.260. The minimum absolute atomic E-state index is 0.0626. The predicted molar refractivity (Wildman–Crippen MR) is 37.2 cm³/mol. The van der Waals surface area contributed by atoms with Crippen molar-refractivity contribution in [3.63, 3.8) is 0 Å². The van der Waals surface area contributed by atoms with Gasteiger partial charge in [0.1, 0.15) is 12.7 Å². The Morgan fingerprint density at radius 1 is 1.75 bits per heavy atom. The second-order valence-electron chi connectivity index (χ2n) is 2.48. The average Bonchev–Trinajstić information content (AvgIpc) is 2.47. The molecule has 0 spiro atoms. The van der Waals surface area contributed by atoms with Gasteiger partial charge in [-0.25, -0.2) is 9.18 Å². The molecular formula is C7H11FO4. The first-order valence-electron chi connectivity index (χ1n) is 3.71. The maximum Gasteiger partial charge on any atom is 0.337 e. The Bertz CT molecular complexity index is 161. The van der Waals surface area contributed by atoms with Crippen molar-refractivity contribution in [2.45, 2.75) is 19.3 Å². The number of esters is 1. The van der Waals surface area contributed by atoms with E-state index >= 15 is 0 Å². The molecule has 1 aliphatic heterocycles. The SMILES string of the molecule is CC1OCC(COC(=O)CF)O1. The molecule has 1 heterocycles. The van der Waals surface area contributed by atoms with Crippen LogP contribution in [0.2, 0.25) is 0 Å². The molecule has 0 saturated carbocycles. The van der Waals surface area contributed by atoms with Crippen LogP contribution < -0.4 is 0 Å². The van der Waals surface area contributed by atoms with Gasteiger partial charge in [0, 0.05) is 0 Å². The van der Waals surface area contributed by atoms with E-state index < -0.39 is 12.6 Å². The van der Waals surface area contributed by atoms with Crippen LogP contribution in [0, 0.1) is 0 Å². The van der Waals surface area contributed by atoms with Crippen LogP contribution in [0.5, 0.6) is 0 Å². The van der Waals surface area contributed by atoms with Crippen molar-refractivity contribution >= 4 is 5.97 Å². The molecular weight excluding hydrogens is 167 g/mol. The zero-order valence-corrected chi connectivity index (χ0v) is 6.79. The zero-order chi connectivity index (χ0) is 8.97. The van der Waals surface area contributed by atoms with Crippen LogP contribution in [-0.4, -0.2) is 38.3 Å². The van der Waals surface area contributed by atoms with Crippen molar-refractivity contribution in [2.24, 2.45) is 0 Å². The first-order chi connectivity index (χ1) is 5.72. The normalized spacial score (nSPS) is 28.8. The fraction of sp³-hybridized carbons (Fsp3) is 0.857. The van der Waals surface area contributed by atoms with Gasteiger partial charge in [0.15, 0.2) is 13.0 Å². The van der Waals surface area contributed by atoms with Crippen molar-refractivity contribution in [2.75, 3.05) is 19.9 Å². The van der Waals surface area contributed by atoms with Crippen LogP contribution in [0.25, 0.3) is 0 Å². The number of halogens is 1. The molecule has 0 radical (unpaired) electrons. The fourth-order valence-corrected chi connectivity index (χ4v) is 0.904. The minimum Gasteiger partial charge on any atom is -0.461 e. The van der Waals surface area contributed by atoms with Gasteiger partial charge in [0.2, 0.25) is 0 Å². The van der Waals surface area contributed by atoms with E-state index in [1.165, 1.54) is 0 Å². The fourth-order valence-electron chi connectivity index (χ4n) is 0.904. The largest absolute Gasteiger partial charge is 0.461 e. The van der Waals surface area contributed by atoms with Crippen LogP contribution in [-0.2, 0) is 19.0 Å². The number of rotatable bonds is 3. The lowest BCUT2D eigenvalue weighted by molar-refractivity contribution is -0.148. The Hall–Kier alpha value is -0.680. The highest BCUT2D eigenvalue weighted by Crippen LogP contribution is 2.10. The van der Waals surface area contributed by atoms with Gasteiger partial charge in [-0.3, -0.25) is 0 Å². The summed E-state index contributed by atoms with van der Waals surface area (Å²) in [6, 6.07) is 0. The van der Waals surface area contributed by atoms with Crippen molar-refractivity contribution in [1.82, 2.24) is 0 Å². The summed E-state index contributed by atoms with van der Waals surface area (Å²) in [5.74, 6) is -0.863. The van der Waals surface area contributed by atoms with Gasteiger partial charge in [-0.1, -0.05) is 0 Å². The number of carbonyl (C=O) groups excluding carboxylic acids is 1. The van der Waals surface area contributed by atoms with E-state index in [-0.39, 0.29) is 19.0 Å². The molecule has 0 N–H and O–H groups in total. The molecule has 12 heavy (non-hydrogen) atoms. The Labute approximate surface area is 69.6 Å². The summed E-state index contributed by atoms with van der Waals surface area (Å²) < 4.78 is 26.3. The van der Waals surface area contributed by atoms with Gasteiger partial charge in [-0.2, -0.15) is 0 Å². The van der Waals surface area contributed by atoms with E-state index in [4.69, 9.17) is 9.47 Å². The quantitative estimate of drug-likeness (QED) is 0.581. The van der Waals surface area contributed by atoms with Crippen LogP contribution in [0.15, 0.2) is 0 Å². The van der Waals surface area contributed by atoms with Gasteiger partial charge < -0.3 is 14.2 Å². The third-order valence-electron chi connectivity index (χ3n) is 1.44. The Morgan fingerprint density at radius 3 is 3.00 bits per heavy atom. The van der Waals surface area contributed by atoms with Gasteiger partial charge >= 0.3 is 5.97 Å². The average molecular weight is 178 g/mol. The number of hydrogen-bond donors (Lipinski definition) is 0. The minimum atomic E-state index is -1.09. The molecule has 0 aromatic rings. The van der Waals surface area contributed by atoms with Crippen LogP contribution >= 0.6 is 0 Å². The number of alkyl halides is 1. The molecule has 0 aliphatic carbocycles. The molecule has 1 aliphatic rings. The molecule has 0 aromatic heterocycles. The molecule has 0 bridgehead atoms. The van der Waals surface area contributed by atoms with Crippen LogP contribution in [0.1, 0.15) is 6.92 Å². The van der Waals surface area contributed by atoms with E-state index in [2.05, 4.69) is 4.74 Å². The lowest BCUT2D eigenvalue weighted by atomic mass is 10.4. The molecule has 2 atom stereocenters. The third-order valence-corrected chi connectivity index (χ3v) is 1.44. The monoisotopic (exact) mass is 178 g/mol. The maximum absolute atomic E-state index is 11.6. The summed E-state index contributed by atoms with van der Waals surface area (Å²) in [6.45, 7) is 1.11. The van der Waals surface area contributed by atoms with E-state index in [0.29, 0.717) is 6.61 Å². The molecule has 0 amide bonds. The smallest absolute Gasteiger partial charge is 0.337 e. The molecule has 1 fully saturated rings. The van der Waals surface area contributed by atoms with Crippen LogP contribution in [0.3, 0.4) is 0 Å². The summed E-state index contributed by atoms with van der Waals surface area (Å²) >= 11 is 0. The number of carbonyl (C=O) groups is 1. The molecule has 5 heteroatoms. The summed E-state index contributed by atoms with van der Waals surface area (Å²) in [6.07, 6.45) is -0.519. The highest BCUT2D eigenvalue weighted by atomic mass is 19.1. The summed E-state index contributed by atoms with van der Waals surface area (Å²) in [5.41, 5.74) is 0. The topological polar surface area (TPSA) is 44.8 Å². The van der Waals surface area contributed by atoms with Crippen molar-refractivity contribution < 1.29 is 23.4 Å². The van der Waals surface area contributed by atoms with Crippen molar-refractivity contribution in [3.8, 4) is 0 Å². The summed E-state index contributed by atoms with van der Waals surface area (Å²) in [4.78, 5) is 10.4. The first kappa shape index (κ1) is 9.41. The van der Waals surface area contributed by atoms with E-state index in [1.54, 1.807) is 6.92 Å². The number of ether oxygens (including phenoxy) is 3. The molecule has 4 nitrogen and oxygen atoms in total. The van der Waals surface area contributed by atoms with E-state index in [1.807, 2.05) is 0 Å². The van der Waals surface area contributed by atoms with Gasteiger partial charge in [0.05, 0.1) is 6.61 Å². The first-order valence-corrected chi connectivity index (χ1v) is 3.71. The van der Waals surface area contributed by atoms with Crippen molar-refractivity contribution in [3.05, 3.63) is 0 Å². The maximum atomic E-state index is 11.6. The molecule has 2 unspecified atom stereocenters. The van der Waals surface area contributed by atoms with E-state index in [9.17, 15) is 9.18 Å². The Kier molecular flexibility index (Phi) is 3.43. The lowest BCUT2D eigenvalue weighted by Crippen LogP contribution is -2.21. The van der Waals surface area contributed by atoms with E-state index in [0.717, 1.165) is 0 Å². The molecule has 1 saturated heterocycles. The second-order valence-corrected chi connectivity index (χ2v) is 2.48. The molecule has 1 rings (SSSR count).